The highest BCUT2D eigenvalue weighted by molar-refractivity contribution is 5.95. The summed E-state index contributed by atoms with van der Waals surface area (Å²) in [6.45, 7) is 0. The van der Waals surface area contributed by atoms with Crippen molar-refractivity contribution in [2.75, 3.05) is 0 Å². The predicted molar refractivity (Wildman–Crippen MR) is 84.0 cm³/mol. The molecule has 5 nitrogen and oxygen atoms in total. The van der Waals surface area contributed by atoms with Crippen LogP contribution in [0, 0.1) is 0 Å². The minimum absolute atomic E-state index is 0.0708. The molecule has 3 aromatic carbocycles. The number of carboxylic acids is 1. The van der Waals surface area contributed by atoms with Crippen LogP contribution in [0.15, 0.2) is 60.7 Å². The van der Waals surface area contributed by atoms with Crippen molar-refractivity contribution in [2.45, 2.75) is 0 Å². The molecule has 0 amide bonds. The zero-order chi connectivity index (χ0) is 16.4. The summed E-state index contributed by atoms with van der Waals surface area (Å²) in [6, 6.07) is 15.4. The molecule has 114 valence electrons. The van der Waals surface area contributed by atoms with Gasteiger partial charge in [-0.1, -0.05) is 12.1 Å². The summed E-state index contributed by atoms with van der Waals surface area (Å²) in [5.41, 5.74) is 0.524. The Morgan fingerprint density at radius 2 is 1.39 bits per heavy atom. The first-order valence-electron chi connectivity index (χ1n) is 6.81. The molecule has 3 rings (SSSR count). The Morgan fingerprint density at radius 1 is 0.783 bits per heavy atom. The van der Waals surface area contributed by atoms with Gasteiger partial charge in [-0.2, -0.15) is 0 Å². The number of aromatic hydroxyl groups is 1. The summed E-state index contributed by atoms with van der Waals surface area (Å²) in [4.78, 5) is 23.0. The molecule has 0 aliphatic rings. The van der Waals surface area contributed by atoms with E-state index in [1.807, 2.05) is 0 Å². The first kappa shape index (κ1) is 14.6. The van der Waals surface area contributed by atoms with Crippen molar-refractivity contribution in [1.29, 1.82) is 0 Å². The summed E-state index contributed by atoms with van der Waals surface area (Å²) >= 11 is 0. The van der Waals surface area contributed by atoms with E-state index in [4.69, 9.17) is 9.84 Å². The minimum atomic E-state index is -0.991. The number of benzene rings is 3. The molecule has 5 heteroatoms. The molecule has 0 aliphatic carbocycles. The van der Waals surface area contributed by atoms with Gasteiger partial charge in [0.05, 0.1) is 11.1 Å². The predicted octanol–water partition coefficient (Wildman–Crippen LogP) is 3.46. The van der Waals surface area contributed by atoms with Gasteiger partial charge in [0.25, 0.3) is 0 Å². The van der Waals surface area contributed by atoms with Crippen molar-refractivity contribution < 1.29 is 24.5 Å². The first-order chi connectivity index (χ1) is 11.0. The number of hydrogen-bond donors (Lipinski definition) is 2. The van der Waals surface area contributed by atoms with E-state index in [0.717, 1.165) is 10.8 Å². The Morgan fingerprint density at radius 3 is 2.09 bits per heavy atom. The molecule has 0 fully saturated rings. The molecule has 0 aromatic heterocycles. The van der Waals surface area contributed by atoms with E-state index in [9.17, 15) is 14.7 Å². The summed E-state index contributed by atoms with van der Waals surface area (Å²) in [6.07, 6.45) is 0. The molecule has 0 aliphatic heterocycles. The largest absolute Gasteiger partial charge is 0.508 e. The third kappa shape index (κ3) is 3.13. The lowest BCUT2D eigenvalue weighted by Crippen LogP contribution is -2.08. The third-order valence-corrected chi connectivity index (χ3v) is 3.37. The fourth-order valence-corrected chi connectivity index (χ4v) is 2.18. The molecular formula is C18H12O5. The zero-order valence-electron chi connectivity index (χ0n) is 11.9. The number of fused-ring (bicyclic) bond motifs is 1. The van der Waals surface area contributed by atoms with Crippen LogP contribution in [0.2, 0.25) is 0 Å². The molecule has 0 saturated carbocycles. The Labute approximate surface area is 131 Å². The van der Waals surface area contributed by atoms with Gasteiger partial charge in [0, 0.05) is 0 Å². The highest BCUT2D eigenvalue weighted by Gasteiger charge is 2.10. The van der Waals surface area contributed by atoms with E-state index < -0.39 is 11.9 Å². The Kier molecular flexibility index (Phi) is 3.68. The van der Waals surface area contributed by atoms with Crippen LogP contribution in [-0.2, 0) is 0 Å². The SMILES string of the molecule is O=C(O)c1ccc2cc(OC(=O)c3ccc(O)cc3)ccc2c1. The van der Waals surface area contributed by atoms with E-state index in [1.165, 1.54) is 30.3 Å². The molecule has 0 spiro atoms. The van der Waals surface area contributed by atoms with E-state index in [2.05, 4.69) is 0 Å². The average molecular weight is 308 g/mol. The molecule has 23 heavy (non-hydrogen) atoms. The lowest BCUT2D eigenvalue weighted by molar-refractivity contribution is 0.0694. The number of phenols is 1. The van der Waals surface area contributed by atoms with Gasteiger partial charge in [0.15, 0.2) is 0 Å². The fourth-order valence-electron chi connectivity index (χ4n) is 2.18. The lowest BCUT2D eigenvalue weighted by Gasteiger charge is -2.06. The maximum atomic E-state index is 12.0. The molecule has 0 bridgehead atoms. The van der Waals surface area contributed by atoms with Crippen LogP contribution >= 0.6 is 0 Å². The maximum Gasteiger partial charge on any atom is 0.343 e. The van der Waals surface area contributed by atoms with Crippen LogP contribution in [-0.4, -0.2) is 22.2 Å². The van der Waals surface area contributed by atoms with Gasteiger partial charge in [-0.25, -0.2) is 9.59 Å². The molecule has 0 radical (unpaired) electrons. The van der Waals surface area contributed by atoms with Crippen molar-refractivity contribution in [3.8, 4) is 11.5 Å². The number of carboxylic acid groups (broad SMARTS) is 1. The van der Waals surface area contributed by atoms with Crippen LogP contribution < -0.4 is 4.74 Å². The van der Waals surface area contributed by atoms with Crippen molar-refractivity contribution in [2.24, 2.45) is 0 Å². The zero-order valence-corrected chi connectivity index (χ0v) is 11.9. The quantitative estimate of drug-likeness (QED) is 0.572. The van der Waals surface area contributed by atoms with Crippen LogP contribution in [0.4, 0.5) is 0 Å². The van der Waals surface area contributed by atoms with Gasteiger partial charge >= 0.3 is 11.9 Å². The summed E-state index contributed by atoms with van der Waals surface area (Å²) < 4.78 is 5.29. The van der Waals surface area contributed by atoms with Gasteiger partial charge in [-0.3, -0.25) is 0 Å². The Balaban J connectivity index is 1.86. The fraction of sp³-hybridized carbons (Fsp3) is 0. The number of carbonyl (C=O) groups is 2. The average Bonchev–Trinajstić information content (AvgIpc) is 2.54. The van der Waals surface area contributed by atoms with Gasteiger partial charge in [-0.05, 0) is 59.3 Å². The molecule has 0 unspecified atom stereocenters. The molecule has 2 N–H and O–H groups in total. The van der Waals surface area contributed by atoms with Crippen molar-refractivity contribution >= 4 is 22.7 Å². The molecular weight excluding hydrogens is 296 g/mol. The normalized spacial score (nSPS) is 10.4. The van der Waals surface area contributed by atoms with Crippen LogP contribution in [0.5, 0.6) is 11.5 Å². The van der Waals surface area contributed by atoms with Gasteiger partial charge in [0.2, 0.25) is 0 Å². The first-order valence-corrected chi connectivity index (χ1v) is 6.81. The number of carbonyl (C=O) groups excluding carboxylic acids is 1. The number of ether oxygens (including phenoxy) is 1. The molecule has 0 saturated heterocycles. The van der Waals surface area contributed by atoms with E-state index in [0.29, 0.717) is 11.3 Å². The van der Waals surface area contributed by atoms with E-state index >= 15 is 0 Å². The van der Waals surface area contributed by atoms with Crippen molar-refractivity contribution in [3.05, 3.63) is 71.8 Å². The third-order valence-electron chi connectivity index (χ3n) is 3.37. The second kappa shape index (κ2) is 5.81. The highest BCUT2D eigenvalue weighted by Crippen LogP contribution is 2.23. The van der Waals surface area contributed by atoms with Crippen molar-refractivity contribution in [1.82, 2.24) is 0 Å². The number of aromatic carboxylic acids is 1. The van der Waals surface area contributed by atoms with Crippen LogP contribution in [0.25, 0.3) is 10.8 Å². The summed E-state index contributed by atoms with van der Waals surface area (Å²) in [5, 5.41) is 19.7. The topological polar surface area (TPSA) is 83.8 Å². The number of rotatable bonds is 3. The Hall–Kier alpha value is -3.34. The molecule has 0 heterocycles. The number of phenolic OH excluding ortho intramolecular Hbond substituents is 1. The molecule has 0 atom stereocenters. The minimum Gasteiger partial charge on any atom is -0.508 e. The Bertz CT molecular complexity index is 897. The molecule has 3 aromatic rings. The summed E-state index contributed by atoms with van der Waals surface area (Å²) in [7, 11) is 0. The smallest absolute Gasteiger partial charge is 0.343 e. The van der Waals surface area contributed by atoms with Gasteiger partial charge in [-0.15, -0.1) is 0 Å². The standard InChI is InChI=1S/C18H12O5/c19-15-6-3-11(4-7-15)18(22)23-16-8-5-12-9-14(17(20)21)2-1-13(12)10-16/h1-10,19H,(H,20,21). The maximum absolute atomic E-state index is 12.0. The van der Waals surface area contributed by atoms with E-state index in [1.54, 1.807) is 30.3 Å². The summed E-state index contributed by atoms with van der Waals surface area (Å²) in [5.74, 6) is -1.10. The monoisotopic (exact) mass is 308 g/mol. The number of esters is 1. The van der Waals surface area contributed by atoms with Crippen LogP contribution in [0.3, 0.4) is 0 Å². The van der Waals surface area contributed by atoms with Crippen LogP contribution in [0.1, 0.15) is 20.7 Å². The van der Waals surface area contributed by atoms with Gasteiger partial charge < -0.3 is 14.9 Å². The second-order valence-electron chi connectivity index (χ2n) is 4.97. The lowest BCUT2D eigenvalue weighted by atomic mass is 10.1. The highest BCUT2D eigenvalue weighted by atomic mass is 16.5. The number of hydrogen-bond acceptors (Lipinski definition) is 4. The van der Waals surface area contributed by atoms with Gasteiger partial charge in [0.1, 0.15) is 11.5 Å². The van der Waals surface area contributed by atoms with E-state index in [-0.39, 0.29) is 11.3 Å². The van der Waals surface area contributed by atoms with Crippen molar-refractivity contribution in [3.63, 3.8) is 0 Å². The second-order valence-corrected chi connectivity index (χ2v) is 4.97.